The molecule has 5 aromatic heterocycles. The lowest BCUT2D eigenvalue weighted by Crippen LogP contribution is -2.20. The van der Waals surface area contributed by atoms with E-state index in [1.54, 1.807) is 37.7 Å². The first-order valence-corrected chi connectivity index (χ1v) is 9.83. The van der Waals surface area contributed by atoms with Gasteiger partial charge in [-0.3, -0.25) is 9.89 Å². The smallest absolute Gasteiger partial charge is 0.291 e. The quantitative estimate of drug-likeness (QED) is 0.447. The lowest BCUT2D eigenvalue weighted by molar-refractivity contribution is 0.610. The molecule has 0 spiro atoms. The summed E-state index contributed by atoms with van der Waals surface area (Å²) in [6.07, 6.45) is 4.17. The van der Waals surface area contributed by atoms with Gasteiger partial charge in [-0.2, -0.15) is 10.2 Å². The highest BCUT2D eigenvalue weighted by atomic mass is 32.1. The maximum Gasteiger partial charge on any atom is 0.291 e. The van der Waals surface area contributed by atoms with Crippen molar-refractivity contribution in [3.8, 4) is 0 Å². The largest absolute Gasteiger partial charge is 0.384 e. The number of nitrogen functional groups attached to an aromatic ring is 1. The molecule has 0 saturated heterocycles. The second kappa shape index (κ2) is 7.67. The molecular formula is C19H19FN8OS. The number of hydrogen-bond acceptors (Lipinski definition) is 7. The maximum absolute atomic E-state index is 12.4. The minimum Gasteiger partial charge on any atom is -0.384 e. The van der Waals surface area contributed by atoms with Crippen LogP contribution in [0.4, 0.5) is 10.2 Å². The minimum atomic E-state index is -0.316. The Labute approximate surface area is 174 Å². The average Bonchev–Trinajstić information content (AvgIpc) is 3.42. The highest BCUT2D eigenvalue weighted by molar-refractivity contribution is 7.19. The lowest BCUT2D eigenvalue weighted by Gasteiger charge is -1.99. The topological polar surface area (TPSA) is 120 Å². The van der Waals surface area contributed by atoms with Gasteiger partial charge in [0.05, 0.1) is 16.6 Å². The number of thiazole rings is 1. The van der Waals surface area contributed by atoms with Crippen LogP contribution in [0, 0.1) is 12.7 Å². The van der Waals surface area contributed by atoms with Gasteiger partial charge in [0.2, 0.25) is 0 Å². The van der Waals surface area contributed by atoms with E-state index in [2.05, 4.69) is 25.3 Å². The Bertz CT molecular complexity index is 1400. The first-order valence-electron chi connectivity index (χ1n) is 9.02. The van der Waals surface area contributed by atoms with Gasteiger partial charge in [-0.25, -0.2) is 19.0 Å². The van der Waals surface area contributed by atoms with Crippen LogP contribution in [-0.2, 0) is 20.5 Å². The summed E-state index contributed by atoms with van der Waals surface area (Å²) in [5.41, 5.74) is 7.99. The van der Waals surface area contributed by atoms with Gasteiger partial charge in [-0.15, -0.1) is 11.3 Å². The van der Waals surface area contributed by atoms with E-state index in [-0.39, 0.29) is 11.4 Å². The van der Waals surface area contributed by atoms with E-state index in [9.17, 15) is 9.18 Å². The molecular weight excluding hydrogens is 407 g/mol. The number of halogens is 1. The normalized spacial score (nSPS) is 11.1. The summed E-state index contributed by atoms with van der Waals surface area (Å²) in [6.45, 7) is 1.58. The number of fused-ring (bicyclic) bond motifs is 3. The van der Waals surface area contributed by atoms with Crippen molar-refractivity contribution in [2.45, 2.75) is 13.3 Å². The van der Waals surface area contributed by atoms with Gasteiger partial charge < -0.3 is 10.3 Å². The summed E-state index contributed by atoms with van der Waals surface area (Å²) >= 11 is 1.59. The average molecular weight is 426 g/mol. The van der Waals surface area contributed by atoms with E-state index in [4.69, 9.17) is 5.73 Å². The fourth-order valence-electron chi connectivity index (χ4n) is 3.07. The van der Waals surface area contributed by atoms with Crippen LogP contribution >= 0.6 is 11.3 Å². The van der Waals surface area contributed by atoms with Crippen LogP contribution in [0.5, 0.6) is 0 Å². The SMILES string of the molecule is Cc1nc(N)ccc1F.Cn1ncc2c3sc(Cc4ccn[nH]4)nc3n(C)c2c1=O. The number of pyridine rings is 1. The molecule has 0 atom stereocenters. The van der Waals surface area contributed by atoms with E-state index in [1.807, 2.05) is 17.7 Å². The van der Waals surface area contributed by atoms with E-state index >= 15 is 0 Å². The van der Waals surface area contributed by atoms with Crippen LogP contribution in [0.25, 0.3) is 21.3 Å². The molecule has 0 radical (unpaired) electrons. The summed E-state index contributed by atoms with van der Waals surface area (Å²) in [5, 5.41) is 12.8. The van der Waals surface area contributed by atoms with E-state index < -0.39 is 0 Å². The Kier molecular flexibility index (Phi) is 5.04. The number of anilines is 1. The predicted molar refractivity (Wildman–Crippen MR) is 114 cm³/mol. The summed E-state index contributed by atoms with van der Waals surface area (Å²) in [5.74, 6) is 0.0399. The molecule has 5 heterocycles. The summed E-state index contributed by atoms with van der Waals surface area (Å²) < 4.78 is 16.6. The van der Waals surface area contributed by atoms with Gasteiger partial charge in [0, 0.05) is 37.8 Å². The molecule has 5 rings (SSSR count). The molecule has 9 nitrogen and oxygen atoms in total. The van der Waals surface area contributed by atoms with Crippen molar-refractivity contribution in [3.63, 3.8) is 0 Å². The van der Waals surface area contributed by atoms with Crippen molar-refractivity contribution in [2.24, 2.45) is 14.1 Å². The molecule has 0 aliphatic heterocycles. The maximum atomic E-state index is 12.4. The highest BCUT2D eigenvalue weighted by Crippen LogP contribution is 2.31. The first-order chi connectivity index (χ1) is 14.3. The summed E-state index contributed by atoms with van der Waals surface area (Å²) in [6, 6.07) is 4.67. The zero-order chi connectivity index (χ0) is 21.4. The fourth-order valence-corrected chi connectivity index (χ4v) is 4.19. The van der Waals surface area contributed by atoms with Crippen LogP contribution < -0.4 is 11.3 Å². The first kappa shape index (κ1) is 19.7. The van der Waals surface area contributed by atoms with E-state index in [0.29, 0.717) is 23.4 Å². The number of rotatable bonds is 2. The zero-order valence-corrected chi connectivity index (χ0v) is 17.4. The molecule has 0 amide bonds. The number of H-pyrrole nitrogens is 1. The molecule has 0 unspecified atom stereocenters. The zero-order valence-electron chi connectivity index (χ0n) is 16.5. The predicted octanol–water partition coefficient (Wildman–Crippen LogP) is 2.31. The molecule has 0 saturated carbocycles. The number of aromatic nitrogens is 7. The van der Waals surface area contributed by atoms with Crippen LogP contribution in [0.1, 0.15) is 16.4 Å². The molecule has 0 aliphatic carbocycles. The number of nitrogens with two attached hydrogens (primary N) is 1. The summed E-state index contributed by atoms with van der Waals surface area (Å²) in [7, 11) is 3.52. The third kappa shape index (κ3) is 3.54. The van der Waals surface area contributed by atoms with Gasteiger partial charge >= 0.3 is 0 Å². The van der Waals surface area contributed by atoms with Gasteiger partial charge in [0.1, 0.15) is 22.2 Å². The van der Waals surface area contributed by atoms with Gasteiger partial charge in [-0.05, 0) is 25.1 Å². The highest BCUT2D eigenvalue weighted by Gasteiger charge is 2.17. The number of aromatic amines is 1. The molecule has 0 bridgehead atoms. The standard InChI is InChI=1S/C13H12N6OS.C6H7FN2/c1-18-10-8(6-15-19(2)13(10)20)11-12(18)16-9(21-11)5-7-3-4-14-17-7;1-4-5(7)2-3-6(8)9-4/h3-4,6H,5H2,1-2H3,(H,14,17);2-3H,1H3,(H2,8,9). The molecule has 3 N–H and O–H groups in total. The van der Waals surface area contributed by atoms with Crippen LogP contribution in [0.2, 0.25) is 0 Å². The third-order valence-corrected chi connectivity index (χ3v) is 5.68. The Morgan fingerprint density at radius 1 is 1.23 bits per heavy atom. The molecule has 5 aromatic rings. The summed E-state index contributed by atoms with van der Waals surface area (Å²) in [4.78, 5) is 20.5. The number of nitrogens with zero attached hydrogens (tertiary/aromatic N) is 6. The van der Waals surface area contributed by atoms with Crippen molar-refractivity contribution in [1.29, 1.82) is 0 Å². The molecule has 154 valence electrons. The monoisotopic (exact) mass is 426 g/mol. The molecule has 11 heteroatoms. The van der Waals surface area contributed by atoms with Crippen LogP contribution in [0.15, 0.2) is 35.4 Å². The van der Waals surface area contributed by atoms with Gasteiger partial charge in [-0.1, -0.05) is 0 Å². The van der Waals surface area contributed by atoms with Gasteiger partial charge in [0.15, 0.2) is 5.65 Å². The molecule has 30 heavy (non-hydrogen) atoms. The van der Waals surface area contributed by atoms with Gasteiger partial charge in [0.25, 0.3) is 5.56 Å². The third-order valence-electron chi connectivity index (χ3n) is 4.61. The van der Waals surface area contributed by atoms with Crippen molar-refractivity contribution in [2.75, 3.05) is 5.73 Å². The van der Waals surface area contributed by atoms with E-state index in [1.165, 1.54) is 16.8 Å². The second-order valence-corrected chi connectivity index (χ2v) is 7.80. The Hall–Kier alpha value is -3.60. The number of hydrogen-bond donors (Lipinski definition) is 2. The second-order valence-electron chi connectivity index (χ2n) is 6.72. The Morgan fingerprint density at radius 3 is 2.70 bits per heavy atom. The fraction of sp³-hybridized carbons (Fsp3) is 0.211. The number of aryl methyl sites for hydroxylation is 3. The van der Waals surface area contributed by atoms with Crippen molar-refractivity contribution in [3.05, 3.63) is 63.2 Å². The number of nitrogens with one attached hydrogen (secondary N) is 1. The molecule has 0 aromatic carbocycles. The minimum absolute atomic E-state index is 0.102. The Morgan fingerprint density at radius 2 is 2.03 bits per heavy atom. The van der Waals surface area contributed by atoms with Crippen molar-refractivity contribution >= 4 is 38.4 Å². The Balaban J connectivity index is 0.000000204. The van der Waals surface area contributed by atoms with Crippen LogP contribution in [-0.4, -0.2) is 34.5 Å². The van der Waals surface area contributed by atoms with E-state index in [0.717, 1.165) is 26.4 Å². The van der Waals surface area contributed by atoms with Crippen molar-refractivity contribution < 1.29 is 4.39 Å². The van der Waals surface area contributed by atoms with Crippen LogP contribution in [0.3, 0.4) is 0 Å². The molecule has 0 fully saturated rings. The van der Waals surface area contributed by atoms with Crippen molar-refractivity contribution in [1.82, 2.24) is 34.5 Å². The molecule has 0 aliphatic rings. The lowest BCUT2D eigenvalue weighted by atomic mass is 10.3.